The van der Waals surface area contributed by atoms with Crippen LogP contribution in [0.25, 0.3) is 0 Å². The Morgan fingerprint density at radius 1 is 0.833 bits per heavy atom. The fourth-order valence-electron chi connectivity index (χ4n) is 5.02. The lowest BCUT2D eigenvalue weighted by Gasteiger charge is -2.34. The lowest BCUT2D eigenvalue weighted by Crippen LogP contribution is -2.50. The van der Waals surface area contributed by atoms with E-state index in [0.29, 0.717) is 32.7 Å². The number of fused-ring (bicyclic) bond motifs is 2. The Morgan fingerprint density at radius 3 is 2.00 bits per heavy atom. The molecule has 3 aromatic rings. The predicted molar refractivity (Wildman–Crippen MR) is 139 cm³/mol. The number of rotatable bonds is 8. The van der Waals surface area contributed by atoms with E-state index in [9.17, 15) is 9.59 Å². The molecule has 2 aliphatic rings. The molecule has 3 amide bonds. The number of nitrogens with zero attached hydrogens (tertiary/aromatic N) is 3. The second kappa shape index (κ2) is 10.5. The lowest BCUT2D eigenvalue weighted by atomic mass is 9.99. The van der Waals surface area contributed by atoms with Crippen molar-refractivity contribution < 1.29 is 14.4 Å². The third kappa shape index (κ3) is 5.29. The second-order valence-corrected chi connectivity index (χ2v) is 9.93. The van der Waals surface area contributed by atoms with Gasteiger partial charge in [-0.2, -0.15) is 5.06 Å². The maximum absolute atomic E-state index is 13.9. The van der Waals surface area contributed by atoms with Gasteiger partial charge in [-0.3, -0.25) is 9.63 Å². The molecule has 2 atom stereocenters. The number of aryl methyl sites for hydroxylation is 2. The van der Waals surface area contributed by atoms with Crippen molar-refractivity contribution in [3.8, 4) is 0 Å². The Kier molecular flexibility index (Phi) is 7.05. The quantitative estimate of drug-likeness (QED) is 0.441. The smallest absolute Gasteiger partial charge is 0.332 e. The summed E-state index contributed by atoms with van der Waals surface area (Å²) in [6, 6.07) is 25.7. The summed E-state index contributed by atoms with van der Waals surface area (Å²) in [6.45, 7) is 5.98. The number of hydrogen-bond donors (Lipinski definition) is 0. The van der Waals surface area contributed by atoms with Crippen LogP contribution in [0, 0.1) is 13.8 Å². The number of piperidine rings is 1. The SMILES string of the molecule is Cc1ccc(CN(Cc2ccc(C)cc2)C(=O)[C@@H]2CC[C@@H]3CN2C(=O)N3OCc2ccccc2)cc1. The molecule has 2 heterocycles. The topological polar surface area (TPSA) is 53.1 Å². The minimum absolute atomic E-state index is 0.00661. The summed E-state index contributed by atoms with van der Waals surface area (Å²) in [5.41, 5.74) is 5.54. The number of benzene rings is 3. The summed E-state index contributed by atoms with van der Waals surface area (Å²) >= 11 is 0. The Bertz CT molecular complexity index is 1150. The van der Waals surface area contributed by atoms with Crippen LogP contribution in [0.3, 0.4) is 0 Å². The van der Waals surface area contributed by atoms with Gasteiger partial charge in [0.05, 0.1) is 6.04 Å². The first kappa shape index (κ1) is 24.1. The normalized spacial score (nSPS) is 19.0. The molecule has 2 aliphatic heterocycles. The summed E-state index contributed by atoms with van der Waals surface area (Å²) in [5, 5.41) is 1.49. The molecule has 2 saturated heterocycles. The molecular weight excluding hydrogens is 450 g/mol. The van der Waals surface area contributed by atoms with Crippen LogP contribution in [-0.2, 0) is 29.3 Å². The zero-order valence-corrected chi connectivity index (χ0v) is 21.0. The van der Waals surface area contributed by atoms with Crippen molar-refractivity contribution in [1.29, 1.82) is 0 Å². The predicted octanol–water partition coefficient (Wildman–Crippen LogP) is 5.23. The van der Waals surface area contributed by atoms with E-state index in [1.54, 1.807) is 4.90 Å². The third-order valence-corrected chi connectivity index (χ3v) is 7.12. The van der Waals surface area contributed by atoms with Crippen LogP contribution in [0.5, 0.6) is 0 Å². The number of carbonyl (C=O) groups excluding carboxylic acids is 2. The highest BCUT2D eigenvalue weighted by atomic mass is 16.7. The van der Waals surface area contributed by atoms with Gasteiger partial charge in [0.15, 0.2) is 0 Å². The first-order valence-electron chi connectivity index (χ1n) is 12.6. The van der Waals surface area contributed by atoms with Gasteiger partial charge in [0, 0.05) is 19.6 Å². The van der Waals surface area contributed by atoms with E-state index in [2.05, 4.69) is 62.4 Å². The zero-order chi connectivity index (χ0) is 25.1. The Labute approximate surface area is 213 Å². The largest absolute Gasteiger partial charge is 0.345 e. The molecule has 6 heteroatoms. The van der Waals surface area contributed by atoms with Gasteiger partial charge in [0.2, 0.25) is 5.91 Å². The monoisotopic (exact) mass is 483 g/mol. The van der Waals surface area contributed by atoms with Gasteiger partial charge >= 0.3 is 6.03 Å². The summed E-state index contributed by atoms with van der Waals surface area (Å²) < 4.78 is 0. The van der Waals surface area contributed by atoms with Crippen LogP contribution in [-0.4, -0.2) is 45.4 Å². The van der Waals surface area contributed by atoms with Crippen LogP contribution >= 0.6 is 0 Å². The summed E-state index contributed by atoms with van der Waals surface area (Å²) in [6.07, 6.45) is 1.38. The molecule has 0 spiro atoms. The molecule has 5 rings (SSSR count). The standard InChI is InChI=1S/C30H33N3O3/c1-22-8-12-24(13-9-22)18-31(19-25-14-10-23(2)11-15-25)29(34)28-17-16-27-20-32(28)30(35)33(27)36-21-26-6-4-3-5-7-26/h3-15,27-28H,16-21H2,1-2H3/t27-,28+/m1/s1. The third-order valence-electron chi connectivity index (χ3n) is 7.12. The van der Waals surface area contributed by atoms with Crippen molar-refractivity contribution in [3.05, 3.63) is 107 Å². The van der Waals surface area contributed by atoms with Gasteiger partial charge in [-0.15, -0.1) is 0 Å². The van der Waals surface area contributed by atoms with Crippen molar-refractivity contribution in [2.45, 2.75) is 58.5 Å². The van der Waals surface area contributed by atoms with E-state index >= 15 is 0 Å². The zero-order valence-electron chi connectivity index (χ0n) is 21.0. The number of hydroxylamine groups is 2. The molecular formula is C30H33N3O3. The second-order valence-electron chi connectivity index (χ2n) is 9.93. The number of amides is 3. The molecule has 36 heavy (non-hydrogen) atoms. The van der Waals surface area contributed by atoms with Crippen molar-refractivity contribution in [1.82, 2.24) is 14.9 Å². The van der Waals surface area contributed by atoms with E-state index < -0.39 is 6.04 Å². The maximum atomic E-state index is 13.9. The van der Waals surface area contributed by atoms with Crippen molar-refractivity contribution in [3.63, 3.8) is 0 Å². The lowest BCUT2D eigenvalue weighted by molar-refractivity contribution is -0.141. The van der Waals surface area contributed by atoms with Gasteiger partial charge in [0.1, 0.15) is 12.6 Å². The average Bonchev–Trinajstić information content (AvgIpc) is 3.14. The minimum Gasteiger partial charge on any atom is -0.332 e. The Hall–Kier alpha value is -3.64. The molecule has 0 aliphatic carbocycles. The Balaban J connectivity index is 1.32. The minimum atomic E-state index is -0.477. The number of hydrogen-bond acceptors (Lipinski definition) is 3. The van der Waals surface area contributed by atoms with E-state index in [-0.39, 0.29) is 18.0 Å². The van der Waals surface area contributed by atoms with Crippen LogP contribution in [0.4, 0.5) is 4.79 Å². The van der Waals surface area contributed by atoms with E-state index in [0.717, 1.165) is 23.1 Å². The highest BCUT2D eigenvalue weighted by molar-refractivity contribution is 5.88. The summed E-state index contributed by atoms with van der Waals surface area (Å²) in [5.74, 6) is -0.00661. The molecule has 0 unspecified atom stereocenters. The molecule has 0 N–H and O–H groups in total. The summed E-state index contributed by atoms with van der Waals surface area (Å²) in [7, 11) is 0. The maximum Gasteiger partial charge on any atom is 0.345 e. The first-order chi connectivity index (χ1) is 17.5. The molecule has 0 radical (unpaired) electrons. The van der Waals surface area contributed by atoms with Crippen molar-refractivity contribution in [2.75, 3.05) is 6.54 Å². The number of urea groups is 1. The van der Waals surface area contributed by atoms with E-state index in [4.69, 9.17) is 4.84 Å². The number of carbonyl (C=O) groups is 2. The highest BCUT2D eigenvalue weighted by Gasteiger charge is 2.48. The van der Waals surface area contributed by atoms with Gasteiger partial charge in [-0.1, -0.05) is 90.0 Å². The van der Waals surface area contributed by atoms with Crippen molar-refractivity contribution >= 4 is 11.9 Å². The van der Waals surface area contributed by atoms with Crippen LogP contribution in [0.15, 0.2) is 78.9 Å². The molecule has 2 fully saturated rings. The highest BCUT2D eigenvalue weighted by Crippen LogP contribution is 2.32. The van der Waals surface area contributed by atoms with Gasteiger partial charge in [-0.05, 0) is 43.4 Å². The Morgan fingerprint density at radius 2 is 1.42 bits per heavy atom. The van der Waals surface area contributed by atoms with Gasteiger partial charge in [-0.25, -0.2) is 4.79 Å². The molecule has 0 saturated carbocycles. The van der Waals surface area contributed by atoms with Crippen LogP contribution in [0.2, 0.25) is 0 Å². The molecule has 0 aromatic heterocycles. The van der Waals surface area contributed by atoms with Gasteiger partial charge in [0.25, 0.3) is 0 Å². The van der Waals surface area contributed by atoms with Crippen molar-refractivity contribution in [2.24, 2.45) is 0 Å². The first-order valence-corrected chi connectivity index (χ1v) is 12.6. The molecule has 186 valence electrons. The summed E-state index contributed by atoms with van der Waals surface area (Å²) in [4.78, 5) is 36.8. The van der Waals surface area contributed by atoms with Crippen LogP contribution < -0.4 is 0 Å². The van der Waals surface area contributed by atoms with Crippen LogP contribution in [0.1, 0.15) is 40.7 Å². The fourth-order valence-corrected chi connectivity index (χ4v) is 5.02. The van der Waals surface area contributed by atoms with E-state index in [1.807, 2.05) is 35.2 Å². The molecule has 6 nitrogen and oxygen atoms in total. The fraction of sp³-hybridized carbons (Fsp3) is 0.333. The van der Waals surface area contributed by atoms with Gasteiger partial charge < -0.3 is 9.80 Å². The van der Waals surface area contributed by atoms with E-state index in [1.165, 1.54) is 16.2 Å². The molecule has 2 bridgehead atoms. The molecule has 3 aromatic carbocycles. The average molecular weight is 484 g/mol.